The maximum absolute atomic E-state index is 6.94. The summed E-state index contributed by atoms with van der Waals surface area (Å²) in [6, 6.07) is 37.3. The average Bonchev–Trinajstić information content (AvgIpc) is 3.73. The third kappa shape index (κ3) is 6.80. The lowest BCUT2D eigenvalue weighted by Gasteiger charge is -2.48. The van der Waals surface area contributed by atoms with Crippen molar-refractivity contribution >= 4 is 79.2 Å². The lowest BCUT2D eigenvalue weighted by Crippen LogP contribution is -2.62. The first-order valence-corrected chi connectivity index (χ1v) is 27.2. The van der Waals surface area contributed by atoms with Crippen LogP contribution in [0.5, 0.6) is 0 Å². The van der Waals surface area contributed by atoms with E-state index >= 15 is 0 Å². The van der Waals surface area contributed by atoms with Gasteiger partial charge in [0.1, 0.15) is 11.2 Å². The van der Waals surface area contributed by atoms with Gasteiger partial charge < -0.3 is 14.2 Å². The zero-order valence-electron chi connectivity index (χ0n) is 46.6. The van der Waals surface area contributed by atoms with Gasteiger partial charge in [-0.25, -0.2) is 0 Å². The zero-order chi connectivity index (χ0) is 50.7. The van der Waals surface area contributed by atoms with Gasteiger partial charge in [0, 0.05) is 51.0 Å². The van der Waals surface area contributed by atoms with Crippen LogP contribution in [0, 0.1) is 0 Å². The van der Waals surface area contributed by atoms with Crippen LogP contribution in [0.2, 0.25) is 0 Å². The van der Waals surface area contributed by atoms with E-state index in [0.717, 1.165) is 28.7 Å². The molecule has 3 heterocycles. The van der Waals surface area contributed by atoms with Gasteiger partial charge in [0.15, 0.2) is 0 Å². The molecule has 0 radical (unpaired) electrons. The molecule has 7 aromatic rings. The second kappa shape index (κ2) is 14.3. The fourth-order valence-corrected chi connectivity index (χ4v) is 14.6. The first-order chi connectivity index (χ1) is 32.9. The molecular weight excluding hydrogens is 860 g/mol. The number of nitrogens with zero attached hydrogens (tertiary/aromatic N) is 2. The molecule has 2 aliphatic heterocycles. The van der Waals surface area contributed by atoms with Crippen LogP contribution < -0.4 is 26.2 Å². The zero-order valence-corrected chi connectivity index (χ0v) is 46.6. The van der Waals surface area contributed by atoms with Crippen LogP contribution in [0.4, 0.5) is 34.1 Å². The summed E-state index contributed by atoms with van der Waals surface area (Å²) >= 11 is 0. The predicted octanol–water partition coefficient (Wildman–Crippen LogP) is 16.9. The van der Waals surface area contributed by atoms with Crippen molar-refractivity contribution in [1.82, 2.24) is 0 Å². The fourth-order valence-electron chi connectivity index (χ4n) is 14.6. The van der Waals surface area contributed by atoms with E-state index in [4.69, 9.17) is 4.42 Å². The molecule has 3 aliphatic carbocycles. The number of furan rings is 1. The standard InChI is InChI=1S/C67H79BN2O/c1-60(2,3)39-19-22-43-44-23-20-42(33-58(44)71-57(43)31-39)70-54-37-50-48(66(15,16)38-67(50,17)18)35-52(54)68-51-34-47-49(65(13,14)28-27-64(47,11)12)36-53(51)69(55-29-40(61(4,5)6)30-56(70)59(55)68)41-21-24-45-46(32-41)63(9,10)26-25-62(45,7)8/h19-24,29-37H,25-28,38H2,1-18H3. The third-order valence-electron chi connectivity index (χ3n) is 19.1. The number of benzene rings is 6. The molecule has 0 saturated carbocycles. The Morgan fingerprint density at radius 1 is 0.394 bits per heavy atom. The van der Waals surface area contributed by atoms with Gasteiger partial charge in [-0.1, -0.05) is 155 Å². The van der Waals surface area contributed by atoms with Crippen molar-refractivity contribution in [3.8, 4) is 0 Å². The molecule has 6 aromatic carbocycles. The smallest absolute Gasteiger partial charge is 0.252 e. The van der Waals surface area contributed by atoms with Gasteiger partial charge in [0.25, 0.3) is 6.71 Å². The number of rotatable bonds is 2. The molecule has 1 aromatic heterocycles. The van der Waals surface area contributed by atoms with Crippen molar-refractivity contribution in [1.29, 1.82) is 0 Å². The molecule has 0 saturated heterocycles. The molecule has 0 N–H and O–H groups in total. The van der Waals surface area contributed by atoms with Gasteiger partial charge in [0.2, 0.25) is 0 Å². The van der Waals surface area contributed by atoms with E-state index in [2.05, 4.69) is 225 Å². The largest absolute Gasteiger partial charge is 0.456 e. The molecule has 0 amide bonds. The van der Waals surface area contributed by atoms with Gasteiger partial charge in [-0.05, 0) is 191 Å². The summed E-state index contributed by atoms with van der Waals surface area (Å²) in [6.07, 6.45) is 5.84. The van der Waals surface area contributed by atoms with Crippen LogP contribution in [0.1, 0.15) is 201 Å². The van der Waals surface area contributed by atoms with Crippen molar-refractivity contribution < 1.29 is 4.42 Å². The minimum atomic E-state index is -0.125. The van der Waals surface area contributed by atoms with E-state index in [1.165, 1.54) is 120 Å². The van der Waals surface area contributed by atoms with Crippen molar-refractivity contribution in [2.24, 2.45) is 0 Å². The number of fused-ring (bicyclic) bond motifs is 10. The molecule has 71 heavy (non-hydrogen) atoms. The van der Waals surface area contributed by atoms with Crippen molar-refractivity contribution in [3.05, 3.63) is 136 Å². The topological polar surface area (TPSA) is 19.6 Å². The summed E-state index contributed by atoms with van der Waals surface area (Å²) < 4.78 is 6.94. The van der Waals surface area contributed by atoms with Crippen LogP contribution in [-0.2, 0) is 43.3 Å². The summed E-state index contributed by atoms with van der Waals surface area (Å²) in [4.78, 5) is 5.39. The van der Waals surface area contributed by atoms with Crippen molar-refractivity contribution in [2.45, 2.75) is 200 Å². The first-order valence-electron chi connectivity index (χ1n) is 27.2. The summed E-state index contributed by atoms with van der Waals surface area (Å²) in [6.45, 7) is 43.9. The van der Waals surface area contributed by atoms with Crippen molar-refractivity contribution in [3.63, 3.8) is 0 Å². The molecule has 0 fully saturated rings. The first kappa shape index (κ1) is 46.8. The van der Waals surface area contributed by atoms with Crippen LogP contribution in [0.15, 0.2) is 95.4 Å². The number of anilines is 6. The molecule has 0 unspecified atom stereocenters. The lowest BCUT2D eigenvalue weighted by atomic mass is 9.32. The lowest BCUT2D eigenvalue weighted by molar-refractivity contribution is 0.332. The molecule has 12 rings (SSSR count). The molecular formula is C67H79BN2O. The van der Waals surface area contributed by atoms with Crippen molar-refractivity contribution in [2.75, 3.05) is 9.80 Å². The SMILES string of the molecule is CC(C)(C)c1cc2c3c(c1)N(c1ccc4c(c1)oc1cc(C(C)(C)C)ccc14)c1cc4c(cc1B3c1cc3c(cc1N2c1ccc2c(c1)C(C)(C)CCC2(C)C)C(C)(C)CCC3(C)C)C(C)(C)CC4(C)C. The van der Waals surface area contributed by atoms with Gasteiger partial charge in [0.05, 0.1) is 0 Å². The molecule has 3 nitrogen and oxygen atoms in total. The summed E-state index contributed by atoms with van der Waals surface area (Å²) in [7, 11) is 0. The monoisotopic (exact) mass is 939 g/mol. The average molecular weight is 939 g/mol. The molecule has 5 aliphatic rings. The van der Waals surface area contributed by atoms with E-state index in [1.807, 2.05) is 0 Å². The van der Waals surface area contributed by atoms with E-state index in [0.29, 0.717) is 0 Å². The Hall–Kier alpha value is -5.22. The molecule has 0 atom stereocenters. The van der Waals surface area contributed by atoms with Gasteiger partial charge in [-0.15, -0.1) is 0 Å². The van der Waals surface area contributed by atoms with Gasteiger partial charge in [-0.2, -0.15) is 0 Å². The van der Waals surface area contributed by atoms with Crippen LogP contribution >= 0.6 is 0 Å². The highest BCUT2D eigenvalue weighted by Gasteiger charge is 2.50. The Balaban J connectivity index is 1.21. The molecule has 366 valence electrons. The Bertz CT molecular complexity index is 3450. The highest BCUT2D eigenvalue weighted by molar-refractivity contribution is 7.00. The van der Waals surface area contributed by atoms with Gasteiger partial charge >= 0.3 is 0 Å². The van der Waals surface area contributed by atoms with Crippen LogP contribution in [0.3, 0.4) is 0 Å². The Morgan fingerprint density at radius 3 is 1.32 bits per heavy atom. The Labute approximate surface area is 426 Å². The molecule has 4 heteroatoms. The van der Waals surface area contributed by atoms with Gasteiger partial charge in [-0.3, -0.25) is 0 Å². The summed E-state index contributed by atoms with van der Waals surface area (Å²) in [5, 5.41) is 2.33. The van der Waals surface area contributed by atoms with E-state index in [9.17, 15) is 0 Å². The highest BCUT2D eigenvalue weighted by Crippen LogP contribution is 2.56. The minimum absolute atomic E-state index is 0.0236. The summed E-state index contributed by atoms with van der Waals surface area (Å²) in [5.74, 6) is 0. The quantitative estimate of drug-likeness (QED) is 0.161. The molecule has 0 bridgehead atoms. The van der Waals surface area contributed by atoms with Crippen LogP contribution in [0.25, 0.3) is 21.9 Å². The second-order valence-electron chi connectivity index (χ2n) is 29.1. The van der Waals surface area contributed by atoms with E-state index < -0.39 is 0 Å². The van der Waals surface area contributed by atoms with Crippen LogP contribution in [-0.4, -0.2) is 6.71 Å². The fraction of sp³-hybridized carbons (Fsp3) is 0.463. The normalized spacial score (nSPS) is 20.6. The maximum atomic E-state index is 6.94. The summed E-state index contributed by atoms with van der Waals surface area (Å²) in [5.41, 5.74) is 25.6. The molecule has 0 spiro atoms. The van der Waals surface area contributed by atoms with E-state index in [1.54, 1.807) is 0 Å². The minimum Gasteiger partial charge on any atom is -0.456 e. The predicted molar refractivity (Wildman–Crippen MR) is 306 cm³/mol. The number of hydrogen-bond acceptors (Lipinski definition) is 3. The highest BCUT2D eigenvalue weighted by atomic mass is 16.3. The third-order valence-corrected chi connectivity index (χ3v) is 19.1. The van der Waals surface area contributed by atoms with E-state index in [-0.39, 0.29) is 50.0 Å². The maximum Gasteiger partial charge on any atom is 0.252 e. The Kier molecular flexibility index (Phi) is 9.43. The Morgan fingerprint density at radius 2 is 0.803 bits per heavy atom. The number of hydrogen-bond donors (Lipinski definition) is 0. The second-order valence-corrected chi connectivity index (χ2v) is 29.1.